The number of ether oxygens (including phenoxy) is 1. The zero-order valence-electron chi connectivity index (χ0n) is 16.8. The van der Waals surface area contributed by atoms with Crippen LogP contribution in [0.2, 0.25) is 0 Å². The van der Waals surface area contributed by atoms with Crippen LogP contribution >= 0.6 is 0 Å². The highest BCUT2D eigenvalue weighted by molar-refractivity contribution is 5.48. The Bertz CT molecular complexity index is 718. The van der Waals surface area contributed by atoms with Crippen molar-refractivity contribution in [1.29, 1.82) is 0 Å². The molecule has 2 fully saturated rings. The van der Waals surface area contributed by atoms with Crippen LogP contribution in [0.15, 0.2) is 54.6 Å². The second kappa shape index (κ2) is 9.08. The molecule has 150 valence electrons. The van der Waals surface area contributed by atoms with E-state index in [9.17, 15) is 5.11 Å². The van der Waals surface area contributed by atoms with E-state index in [4.69, 9.17) is 4.74 Å². The van der Waals surface area contributed by atoms with Crippen molar-refractivity contribution in [3.8, 4) is 0 Å². The first-order chi connectivity index (χ1) is 13.7. The van der Waals surface area contributed by atoms with Gasteiger partial charge >= 0.3 is 0 Å². The molecule has 2 aromatic carbocycles. The van der Waals surface area contributed by atoms with Crippen LogP contribution in [-0.4, -0.2) is 49.3 Å². The quantitative estimate of drug-likeness (QED) is 0.790. The second-order valence-corrected chi connectivity index (χ2v) is 8.25. The van der Waals surface area contributed by atoms with Gasteiger partial charge in [-0.05, 0) is 56.3 Å². The van der Waals surface area contributed by atoms with Gasteiger partial charge in [0.1, 0.15) is 0 Å². The SMILES string of the molecule is CN1CCC(OC(O)c2ccc(N3CCC(c4ccccc4)CC3)cc2)CC1. The molecule has 2 aliphatic heterocycles. The average Bonchev–Trinajstić information content (AvgIpc) is 2.76. The third kappa shape index (κ3) is 4.75. The molecule has 0 bridgehead atoms. The number of piperidine rings is 2. The molecule has 2 saturated heterocycles. The van der Waals surface area contributed by atoms with Crippen LogP contribution in [0.4, 0.5) is 5.69 Å². The van der Waals surface area contributed by atoms with Crippen molar-refractivity contribution in [3.63, 3.8) is 0 Å². The highest BCUT2D eigenvalue weighted by atomic mass is 16.6. The lowest BCUT2D eigenvalue weighted by Crippen LogP contribution is -2.35. The van der Waals surface area contributed by atoms with Gasteiger partial charge in [0.2, 0.25) is 0 Å². The van der Waals surface area contributed by atoms with Gasteiger partial charge in [-0.1, -0.05) is 42.5 Å². The van der Waals surface area contributed by atoms with E-state index in [-0.39, 0.29) is 6.10 Å². The minimum atomic E-state index is -0.828. The normalized spacial score (nSPS) is 21.0. The number of nitrogens with zero attached hydrogens (tertiary/aromatic N) is 2. The van der Waals surface area contributed by atoms with Crippen molar-refractivity contribution in [2.75, 3.05) is 38.1 Å². The van der Waals surface area contributed by atoms with Crippen molar-refractivity contribution in [2.45, 2.75) is 44.0 Å². The average molecular weight is 381 g/mol. The smallest absolute Gasteiger partial charge is 0.181 e. The maximum absolute atomic E-state index is 10.5. The van der Waals surface area contributed by atoms with Crippen molar-refractivity contribution in [3.05, 3.63) is 65.7 Å². The van der Waals surface area contributed by atoms with Gasteiger partial charge in [-0.25, -0.2) is 0 Å². The summed E-state index contributed by atoms with van der Waals surface area (Å²) in [7, 11) is 2.13. The molecule has 0 aromatic heterocycles. The highest BCUT2D eigenvalue weighted by Crippen LogP contribution is 2.31. The molecule has 4 nitrogen and oxygen atoms in total. The van der Waals surface area contributed by atoms with Gasteiger partial charge in [0.25, 0.3) is 0 Å². The molecule has 1 N–H and O–H groups in total. The Balaban J connectivity index is 1.30. The van der Waals surface area contributed by atoms with Crippen LogP contribution in [-0.2, 0) is 4.74 Å². The summed E-state index contributed by atoms with van der Waals surface area (Å²) in [5, 5.41) is 10.5. The summed E-state index contributed by atoms with van der Waals surface area (Å²) in [6.07, 6.45) is 3.68. The number of hydrogen-bond donors (Lipinski definition) is 1. The number of aliphatic hydroxyl groups is 1. The van der Waals surface area contributed by atoms with Crippen LogP contribution in [0, 0.1) is 0 Å². The Morgan fingerprint density at radius 2 is 1.50 bits per heavy atom. The number of rotatable bonds is 5. The molecule has 1 atom stereocenters. The summed E-state index contributed by atoms with van der Waals surface area (Å²) in [5.74, 6) is 0.668. The second-order valence-electron chi connectivity index (χ2n) is 8.25. The summed E-state index contributed by atoms with van der Waals surface area (Å²) in [4.78, 5) is 4.76. The summed E-state index contributed by atoms with van der Waals surface area (Å²) in [6, 6.07) is 19.1. The monoisotopic (exact) mass is 380 g/mol. The predicted octanol–water partition coefficient (Wildman–Crippen LogP) is 4.17. The molecule has 2 heterocycles. The summed E-state index contributed by atoms with van der Waals surface area (Å²) < 4.78 is 5.89. The lowest BCUT2D eigenvalue weighted by atomic mass is 9.89. The standard InChI is InChI=1S/C24H32N2O2/c1-25-15-13-23(14-16-25)28-24(27)21-7-9-22(10-8-21)26-17-11-20(12-18-26)19-5-3-2-4-6-19/h2-10,20,23-24,27H,11-18H2,1H3. The topological polar surface area (TPSA) is 35.9 Å². The van der Waals surface area contributed by atoms with Crippen LogP contribution in [0.1, 0.15) is 49.0 Å². The van der Waals surface area contributed by atoms with E-state index in [1.54, 1.807) is 0 Å². The Labute approximate surface area is 168 Å². The molecular weight excluding hydrogens is 348 g/mol. The third-order valence-corrected chi connectivity index (χ3v) is 6.30. The fourth-order valence-corrected chi connectivity index (χ4v) is 4.43. The minimum Gasteiger partial charge on any atom is -0.371 e. The zero-order chi connectivity index (χ0) is 19.3. The Morgan fingerprint density at radius 1 is 0.857 bits per heavy atom. The van der Waals surface area contributed by atoms with E-state index < -0.39 is 6.29 Å². The molecule has 0 spiro atoms. The molecule has 2 aromatic rings. The molecule has 2 aliphatic rings. The molecule has 4 heteroatoms. The molecule has 0 radical (unpaired) electrons. The fourth-order valence-electron chi connectivity index (χ4n) is 4.43. The largest absolute Gasteiger partial charge is 0.371 e. The summed E-state index contributed by atoms with van der Waals surface area (Å²) >= 11 is 0. The minimum absolute atomic E-state index is 0.155. The Kier molecular flexibility index (Phi) is 6.30. The van der Waals surface area contributed by atoms with E-state index in [1.807, 2.05) is 12.1 Å². The van der Waals surface area contributed by atoms with Crippen molar-refractivity contribution >= 4 is 5.69 Å². The van der Waals surface area contributed by atoms with Crippen molar-refractivity contribution in [2.24, 2.45) is 0 Å². The van der Waals surface area contributed by atoms with Gasteiger partial charge in [0.05, 0.1) is 6.10 Å². The zero-order valence-corrected chi connectivity index (χ0v) is 16.8. The van der Waals surface area contributed by atoms with Crippen molar-refractivity contribution in [1.82, 2.24) is 4.90 Å². The molecule has 28 heavy (non-hydrogen) atoms. The fraction of sp³-hybridized carbons (Fsp3) is 0.500. The number of hydrogen-bond acceptors (Lipinski definition) is 4. The predicted molar refractivity (Wildman–Crippen MR) is 114 cm³/mol. The van der Waals surface area contributed by atoms with Crippen molar-refractivity contribution < 1.29 is 9.84 Å². The maximum atomic E-state index is 10.5. The number of aliphatic hydroxyl groups excluding tert-OH is 1. The number of anilines is 1. The molecule has 0 saturated carbocycles. The molecular formula is C24H32N2O2. The van der Waals surface area contributed by atoms with Gasteiger partial charge in [-0.3, -0.25) is 0 Å². The van der Waals surface area contributed by atoms with Gasteiger partial charge in [-0.2, -0.15) is 0 Å². The maximum Gasteiger partial charge on any atom is 0.181 e. The summed E-state index contributed by atoms with van der Waals surface area (Å²) in [6.45, 7) is 4.23. The van der Waals surface area contributed by atoms with E-state index in [0.717, 1.165) is 44.6 Å². The lowest BCUT2D eigenvalue weighted by molar-refractivity contribution is -0.150. The van der Waals surface area contributed by atoms with Gasteiger partial charge in [-0.15, -0.1) is 0 Å². The van der Waals surface area contributed by atoms with E-state index in [0.29, 0.717) is 5.92 Å². The summed E-state index contributed by atoms with van der Waals surface area (Å²) in [5.41, 5.74) is 3.55. The van der Waals surface area contributed by atoms with Gasteiger partial charge < -0.3 is 19.6 Å². The molecule has 4 rings (SSSR count). The van der Waals surface area contributed by atoms with Gasteiger partial charge in [0.15, 0.2) is 6.29 Å². The molecule has 0 amide bonds. The van der Waals surface area contributed by atoms with Gasteiger partial charge in [0, 0.05) is 37.4 Å². The van der Waals surface area contributed by atoms with Crippen LogP contribution in [0.25, 0.3) is 0 Å². The van der Waals surface area contributed by atoms with Crippen LogP contribution in [0.5, 0.6) is 0 Å². The van der Waals surface area contributed by atoms with E-state index in [1.165, 1.54) is 24.1 Å². The first-order valence-corrected chi connectivity index (χ1v) is 10.6. The van der Waals surface area contributed by atoms with E-state index in [2.05, 4.69) is 59.3 Å². The number of likely N-dealkylation sites (tertiary alicyclic amines) is 1. The highest BCUT2D eigenvalue weighted by Gasteiger charge is 2.22. The number of benzene rings is 2. The molecule has 0 aliphatic carbocycles. The Hall–Kier alpha value is -1.88. The van der Waals surface area contributed by atoms with Crippen LogP contribution in [0.3, 0.4) is 0 Å². The lowest BCUT2D eigenvalue weighted by Gasteiger charge is -2.34. The third-order valence-electron chi connectivity index (χ3n) is 6.30. The van der Waals surface area contributed by atoms with Crippen LogP contribution < -0.4 is 4.90 Å². The first kappa shape index (κ1) is 19.4. The van der Waals surface area contributed by atoms with E-state index >= 15 is 0 Å². The molecule has 1 unspecified atom stereocenters. The Morgan fingerprint density at radius 3 is 2.14 bits per heavy atom. The first-order valence-electron chi connectivity index (χ1n) is 10.6.